The van der Waals surface area contributed by atoms with E-state index in [2.05, 4.69) is 17.0 Å². The molecular formula is C25H30ClNO6. The van der Waals surface area contributed by atoms with Crippen molar-refractivity contribution in [2.75, 3.05) is 39.6 Å². The van der Waals surface area contributed by atoms with E-state index in [1.165, 1.54) is 30.5 Å². The molecule has 7 nitrogen and oxygen atoms in total. The number of benzene rings is 2. The lowest BCUT2D eigenvalue weighted by Crippen LogP contribution is -2.55. The molecule has 0 aromatic heterocycles. The van der Waals surface area contributed by atoms with Crippen LogP contribution in [-0.4, -0.2) is 66.8 Å². The quantitative estimate of drug-likeness (QED) is 0.615. The molecule has 3 aliphatic heterocycles. The van der Waals surface area contributed by atoms with Gasteiger partial charge in [-0.05, 0) is 67.8 Å². The number of hydrogen-bond donors (Lipinski definition) is 2. The summed E-state index contributed by atoms with van der Waals surface area (Å²) in [7, 11) is 0. The van der Waals surface area contributed by atoms with E-state index in [0.717, 1.165) is 37.6 Å². The van der Waals surface area contributed by atoms with Gasteiger partial charge in [0.25, 0.3) is 0 Å². The van der Waals surface area contributed by atoms with E-state index in [0.29, 0.717) is 36.9 Å². The second kappa shape index (κ2) is 11.2. The second-order valence-corrected chi connectivity index (χ2v) is 9.20. The van der Waals surface area contributed by atoms with E-state index in [1.807, 2.05) is 6.07 Å². The van der Waals surface area contributed by atoms with Gasteiger partial charge in [-0.2, -0.15) is 0 Å². The van der Waals surface area contributed by atoms with Crippen molar-refractivity contribution in [3.8, 4) is 11.5 Å². The summed E-state index contributed by atoms with van der Waals surface area (Å²) >= 11 is 5.52. The monoisotopic (exact) mass is 475 g/mol. The second-order valence-electron chi connectivity index (χ2n) is 8.76. The molecule has 0 spiro atoms. The number of halogens is 1. The van der Waals surface area contributed by atoms with Crippen molar-refractivity contribution in [1.29, 1.82) is 0 Å². The number of aliphatic hydroxyl groups is 1. The molecule has 5 rings (SSSR count). The van der Waals surface area contributed by atoms with Crippen molar-refractivity contribution in [2.24, 2.45) is 11.8 Å². The minimum absolute atomic E-state index is 0.159. The van der Waals surface area contributed by atoms with Crippen LogP contribution in [0.1, 0.15) is 28.8 Å². The van der Waals surface area contributed by atoms with Gasteiger partial charge < -0.3 is 29.3 Å². The van der Waals surface area contributed by atoms with Crippen LogP contribution in [0.3, 0.4) is 0 Å². The van der Waals surface area contributed by atoms with Crippen LogP contribution in [0.2, 0.25) is 5.02 Å². The van der Waals surface area contributed by atoms with Crippen LogP contribution in [0.25, 0.3) is 0 Å². The molecule has 0 amide bonds. The Bertz CT molecular complexity index is 923. The summed E-state index contributed by atoms with van der Waals surface area (Å²) in [5.41, 5.74) is 1.57. The van der Waals surface area contributed by atoms with Crippen LogP contribution in [-0.2, 0) is 11.2 Å². The van der Waals surface area contributed by atoms with Crippen molar-refractivity contribution < 1.29 is 29.2 Å². The summed E-state index contributed by atoms with van der Waals surface area (Å²) < 4.78 is 16.3. The zero-order chi connectivity index (χ0) is 23.2. The highest BCUT2D eigenvalue weighted by atomic mass is 35.5. The number of unbranched alkanes of at least 4 members (excludes halogenated alkanes) is 1. The van der Waals surface area contributed by atoms with E-state index >= 15 is 0 Å². The Morgan fingerprint density at radius 2 is 1.70 bits per heavy atom. The van der Waals surface area contributed by atoms with E-state index in [9.17, 15) is 9.90 Å². The average molecular weight is 476 g/mol. The molecule has 2 fully saturated rings. The topological polar surface area (TPSA) is 88.5 Å². The fraction of sp³-hybridized carbons (Fsp3) is 0.480. The molecule has 2 aromatic rings. The van der Waals surface area contributed by atoms with Gasteiger partial charge >= 0.3 is 5.97 Å². The third-order valence-corrected chi connectivity index (χ3v) is 6.59. The number of hydrogen-bond acceptors (Lipinski definition) is 6. The highest BCUT2D eigenvalue weighted by molar-refractivity contribution is 6.30. The molecule has 2 unspecified atom stereocenters. The molecule has 3 heterocycles. The number of aliphatic hydroxyl groups excluding tert-OH is 1. The third-order valence-electron chi connectivity index (χ3n) is 6.33. The summed E-state index contributed by atoms with van der Waals surface area (Å²) in [6.07, 6.45) is 3.27. The van der Waals surface area contributed by atoms with Crippen LogP contribution in [0, 0.1) is 11.8 Å². The Balaban J connectivity index is 0.000000219. The number of carboxylic acid groups (broad SMARTS) is 1. The fourth-order valence-corrected chi connectivity index (χ4v) is 4.67. The number of carbonyl (C=O) groups is 1. The van der Waals surface area contributed by atoms with Crippen LogP contribution < -0.4 is 9.47 Å². The average Bonchev–Trinajstić information content (AvgIpc) is 3.26. The highest BCUT2D eigenvalue weighted by Crippen LogP contribution is 2.33. The molecule has 2 bridgehead atoms. The third kappa shape index (κ3) is 6.38. The fourth-order valence-electron chi connectivity index (χ4n) is 4.55. The minimum atomic E-state index is -0.934. The van der Waals surface area contributed by atoms with Crippen molar-refractivity contribution in [2.45, 2.75) is 25.4 Å². The summed E-state index contributed by atoms with van der Waals surface area (Å²) in [5, 5.41) is 19.2. The first-order valence-corrected chi connectivity index (χ1v) is 11.7. The van der Waals surface area contributed by atoms with E-state index in [-0.39, 0.29) is 11.7 Å². The van der Waals surface area contributed by atoms with Gasteiger partial charge in [0, 0.05) is 29.9 Å². The molecule has 3 aliphatic rings. The van der Waals surface area contributed by atoms with Crippen LogP contribution in [0.4, 0.5) is 0 Å². The number of carboxylic acids is 1. The Morgan fingerprint density at radius 3 is 2.39 bits per heavy atom. The number of aromatic carboxylic acids is 1. The van der Waals surface area contributed by atoms with Crippen LogP contribution >= 0.6 is 11.6 Å². The first-order chi connectivity index (χ1) is 16.0. The Morgan fingerprint density at radius 1 is 1.00 bits per heavy atom. The number of rotatable bonds is 6. The maximum absolute atomic E-state index is 10.3. The number of aryl methyl sites for hydroxylation is 1. The number of nitrogens with zero attached hydrogens (tertiary/aromatic N) is 1. The number of piperidine rings is 1. The van der Waals surface area contributed by atoms with Gasteiger partial charge in [0.2, 0.25) is 6.79 Å². The molecule has 33 heavy (non-hydrogen) atoms. The smallest absolute Gasteiger partial charge is 0.335 e. The van der Waals surface area contributed by atoms with E-state index in [1.54, 1.807) is 12.1 Å². The zero-order valence-electron chi connectivity index (χ0n) is 18.5. The molecule has 8 heteroatoms. The zero-order valence-corrected chi connectivity index (χ0v) is 19.2. The van der Waals surface area contributed by atoms with Gasteiger partial charge in [0.15, 0.2) is 11.5 Å². The van der Waals surface area contributed by atoms with Crippen molar-refractivity contribution in [3.05, 3.63) is 58.6 Å². The summed E-state index contributed by atoms with van der Waals surface area (Å²) in [4.78, 5) is 12.8. The lowest BCUT2D eigenvalue weighted by Gasteiger charge is -2.44. The first-order valence-electron chi connectivity index (χ1n) is 11.3. The van der Waals surface area contributed by atoms with Gasteiger partial charge in [-0.3, -0.25) is 0 Å². The predicted molar refractivity (Wildman–Crippen MR) is 124 cm³/mol. The Kier molecular flexibility index (Phi) is 8.09. The number of likely N-dealkylation sites (tertiary alicyclic amines) is 1. The molecule has 0 saturated carbocycles. The molecule has 2 aromatic carbocycles. The van der Waals surface area contributed by atoms with Gasteiger partial charge in [0.05, 0.1) is 24.9 Å². The molecule has 178 valence electrons. The summed E-state index contributed by atoms with van der Waals surface area (Å²) in [6, 6.07) is 12.3. The van der Waals surface area contributed by atoms with Gasteiger partial charge in [0.1, 0.15) is 0 Å². The highest BCUT2D eigenvalue weighted by Gasteiger charge is 2.38. The van der Waals surface area contributed by atoms with Crippen molar-refractivity contribution in [3.63, 3.8) is 0 Å². The summed E-state index contributed by atoms with van der Waals surface area (Å²) in [6.45, 7) is 4.83. The molecule has 2 saturated heterocycles. The SMILES string of the molecule is O=C(O)c1ccc(Cl)cc1.OC1C2COCC1CN(CCCCc1ccc3c(c1)OCO3)C2. The largest absolute Gasteiger partial charge is 0.478 e. The van der Waals surface area contributed by atoms with Gasteiger partial charge in [-0.25, -0.2) is 4.79 Å². The van der Waals surface area contributed by atoms with E-state index < -0.39 is 5.97 Å². The van der Waals surface area contributed by atoms with E-state index in [4.69, 9.17) is 30.9 Å². The lowest BCUT2D eigenvalue weighted by molar-refractivity contribution is -0.123. The van der Waals surface area contributed by atoms with Crippen LogP contribution in [0.15, 0.2) is 42.5 Å². The molecule has 2 N–H and O–H groups in total. The summed E-state index contributed by atoms with van der Waals surface area (Å²) in [5.74, 6) is 1.40. The van der Waals surface area contributed by atoms with Gasteiger partial charge in [-0.1, -0.05) is 17.7 Å². The standard InChI is InChI=1S/C18H25NO4.C7H5ClO2/c20-18-14-8-19(9-15(18)11-21-10-14)6-2-1-3-13-4-5-16-17(7-13)23-12-22-16;8-6-3-1-5(2-4-6)7(9)10/h4-5,7,14-15,18,20H,1-3,6,8-12H2;1-4H,(H,9,10). The minimum Gasteiger partial charge on any atom is -0.478 e. The number of fused-ring (bicyclic) bond motifs is 3. The molecule has 2 atom stereocenters. The van der Waals surface area contributed by atoms with Crippen molar-refractivity contribution >= 4 is 17.6 Å². The molecular weight excluding hydrogens is 446 g/mol. The Labute approximate surface area is 198 Å². The van der Waals surface area contributed by atoms with Gasteiger partial charge in [-0.15, -0.1) is 0 Å². The maximum Gasteiger partial charge on any atom is 0.335 e. The number of ether oxygens (including phenoxy) is 3. The first kappa shape index (κ1) is 23.8. The predicted octanol–water partition coefficient (Wildman–Crippen LogP) is 3.72. The Hall–Kier alpha value is -2.32. The van der Waals surface area contributed by atoms with Crippen LogP contribution in [0.5, 0.6) is 11.5 Å². The maximum atomic E-state index is 10.3. The lowest BCUT2D eigenvalue weighted by atomic mass is 9.85. The van der Waals surface area contributed by atoms with Crippen molar-refractivity contribution in [1.82, 2.24) is 4.90 Å². The molecule has 0 radical (unpaired) electrons. The normalized spacial score (nSPS) is 23.5. The molecule has 0 aliphatic carbocycles.